The molecule has 1 unspecified atom stereocenters. The second-order valence-electron chi connectivity index (χ2n) is 10.8. The molecule has 0 spiro atoms. The first-order valence-corrected chi connectivity index (χ1v) is 14.8. The number of amides is 1. The monoisotopic (exact) mass is 611 g/mol. The molecule has 5 rings (SSSR count). The molecule has 1 aliphatic heterocycles. The number of carboxylic acids is 2. The highest BCUT2D eigenvalue weighted by Crippen LogP contribution is 2.43. The van der Waals surface area contributed by atoms with Crippen molar-refractivity contribution in [2.45, 2.75) is 39.3 Å². The zero-order valence-electron chi connectivity index (χ0n) is 24.1. The Morgan fingerprint density at radius 1 is 0.884 bits per heavy atom. The molecule has 3 atom stereocenters. The van der Waals surface area contributed by atoms with E-state index in [9.17, 15) is 19.2 Å². The van der Waals surface area contributed by atoms with Gasteiger partial charge in [-0.25, -0.2) is 0 Å². The predicted molar refractivity (Wildman–Crippen MR) is 156 cm³/mol. The Morgan fingerprint density at radius 3 is 2.07 bits per heavy atom. The zero-order valence-corrected chi connectivity index (χ0v) is 24.9. The number of nitrogens with zero attached hydrogens (tertiary/aromatic N) is 1. The fraction of sp³-hybridized carbons (Fsp3) is 0.419. The van der Waals surface area contributed by atoms with Gasteiger partial charge in [-0.2, -0.15) is 0 Å². The van der Waals surface area contributed by atoms with Crippen molar-refractivity contribution < 1.29 is 48.3 Å². The van der Waals surface area contributed by atoms with Gasteiger partial charge in [-0.15, -0.1) is 11.3 Å². The third kappa shape index (κ3) is 6.53. The third-order valence-electron chi connectivity index (χ3n) is 7.74. The number of thiophene rings is 1. The van der Waals surface area contributed by atoms with Crippen molar-refractivity contribution in [2.75, 3.05) is 27.4 Å². The average molecular weight is 612 g/mol. The van der Waals surface area contributed by atoms with Crippen LogP contribution in [-0.2, 0) is 27.5 Å². The second kappa shape index (κ2) is 12.5. The van der Waals surface area contributed by atoms with Crippen molar-refractivity contribution >= 4 is 45.1 Å². The van der Waals surface area contributed by atoms with Crippen LogP contribution in [0.15, 0.2) is 30.3 Å². The molecule has 2 N–H and O–H groups in total. The Morgan fingerprint density at radius 2 is 1.49 bits per heavy atom. The largest absolute Gasteiger partial charge is 0.493 e. The Labute approximate surface area is 251 Å². The van der Waals surface area contributed by atoms with Crippen LogP contribution in [0.4, 0.5) is 0 Å². The van der Waals surface area contributed by atoms with Crippen LogP contribution in [0.2, 0.25) is 0 Å². The molecule has 0 saturated heterocycles. The molecule has 1 saturated carbocycles. The maximum absolute atomic E-state index is 12.7. The van der Waals surface area contributed by atoms with Crippen LogP contribution in [0.25, 0.3) is 10.1 Å². The van der Waals surface area contributed by atoms with Crippen LogP contribution in [-0.4, -0.2) is 66.2 Å². The summed E-state index contributed by atoms with van der Waals surface area (Å²) >= 11 is 1.29. The van der Waals surface area contributed by atoms with Gasteiger partial charge in [-0.1, -0.05) is 6.92 Å². The highest BCUT2D eigenvalue weighted by molar-refractivity contribution is 7.20. The van der Waals surface area contributed by atoms with E-state index in [0.29, 0.717) is 67.0 Å². The van der Waals surface area contributed by atoms with Crippen molar-refractivity contribution in [3.05, 3.63) is 46.3 Å². The molecule has 12 heteroatoms. The predicted octanol–water partition coefficient (Wildman–Crippen LogP) is 4.62. The lowest BCUT2D eigenvalue weighted by molar-refractivity contribution is -0.142. The van der Waals surface area contributed by atoms with Crippen LogP contribution in [0, 0.1) is 17.8 Å². The summed E-state index contributed by atoms with van der Waals surface area (Å²) in [6.07, 6.45) is 0.870. The van der Waals surface area contributed by atoms with E-state index in [0.717, 1.165) is 21.2 Å². The number of carboxylic acid groups (broad SMARTS) is 2. The van der Waals surface area contributed by atoms with Gasteiger partial charge in [-0.05, 0) is 47.2 Å². The molecule has 228 valence electrons. The normalized spacial score (nSPS) is 17.7. The Balaban J connectivity index is 1.16. The van der Waals surface area contributed by atoms with E-state index in [2.05, 4.69) is 0 Å². The Kier molecular flexibility index (Phi) is 8.77. The van der Waals surface area contributed by atoms with E-state index in [4.69, 9.17) is 29.2 Å². The summed E-state index contributed by atoms with van der Waals surface area (Å²) in [5, 5.41) is 19.1. The molecule has 1 aliphatic carbocycles. The van der Waals surface area contributed by atoms with Crippen molar-refractivity contribution in [1.29, 1.82) is 0 Å². The summed E-state index contributed by atoms with van der Waals surface area (Å²) < 4.78 is 23.8. The molecular weight excluding hydrogens is 578 g/mol. The highest BCUT2D eigenvalue weighted by atomic mass is 32.1. The van der Waals surface area contributed by atoms with E-state index < -0.39 is 29.7 Å². The molecule has 2 heterocycles. The fourth-order valence-corrected chi connectivity index (χ4v) is 6.18. The van der Waals surface area contributed by atoms with Crippen molar-refractivity contribution in [3.63, 3.8) is 0 Å². The fourth-order valence-electron chi connectivity index (χ4n) is 5.16. The van der Waals surface area contributed by atoms with Gasteiger partial charge in [0.05, 0.1) is 50.1 Å². The molecule has 1 amide bonds. The quantitative estimate of drug-likeness (QED) is 0.195. The summed E-state index contributed by atoms with van der Waals surface area (Å²) in [7, 11) is 3.09. The highest BCUT2D eigenvalue weighted by Gasteiger charge is 2.50. The van der Waals surface area contributed by atoms with Crippen LogP contribution in [0.3, 0.4) is 0 Å². The van der Waals surface area contributed by atoms with E-state index in [1.165, 1.54) is 25.4 Å². The number of carbonyl (C=O) groups is 4. The third-order valence-corrected chi connectivity index (χ3v) is 8.88. The first kappa shape index (κ1) is 30.1. The molecule has 0 bridgehead atoms. The van der Waals surface area contributed by atoms with Gasteiger partial charge < -0.3 is 34.1 Å². The topological polar surface area (TPSA) is 149 Å². The van der Waals surface area contributed by atoms with Crippen LogP contribution >= 0.6 is 11.3 Å². The molecule has 43 heavy (non-hydrogen) atoms. The van der Waals surface area contributed by atoms with Crippen LogP contribution in [0.5, 0.6) is 23.0 Å². The lowest BCUT2D eigenvalue weighted by atomic mass is 10.0. The molecule has 2 aromatic carbocycles. The molecule has 1 aromatic heterocycles. The first-order valence-electron chi connectivity index (χ1n) is 13.9. The van der Waals surface area contributed by atoms with Crippen molar-refractivity contribution in [2.24, 2.45) is 17.8 Å². The van der Waals surface area contributed by atoms with Crippen molar-refractivity contribution in [3.8, 4) is 23.0 Å². The number of hydrogen-bond donors (Lipinski definition) is 2. The average Bonchev–Trinajstić information content (AvgIpc) is 3.52. The number of rotatable bonds is 14. The number of benzene rings is 2. The molecule has 3 aromatic rings. The minimum absolute atomic E-state index is 0.0677. The van der Waals surface area contributed by atoms with Gasteiger partial charge in [0.2, 0.25) is 5.91 Å². The maximum atomic E-state index is 12.7. The minimum Gasteiger partial charge on any atom is -0.493 e. The molecule has 1 fully saturated rings. The molecule has 2 aliphatic rings. The number of carbonyl (C=O) groups excluding carboxylic acids is 2. The van der Waals surface area contributed by atoms with Crippen LogP contribution < -0.4 is 18.9 Å². The SMILES string of the molecule is COc1cc2c(cc1OCCCOc1cc3cc(C(=O)CC(C)C(=O)O)sc3cc1OC)CN(C(=O)[C@@H]1C[C@H]1C(=O)O)C2. The number of ketones is 1. The maximum Gasteiger partial charge on any atom is 0.307 e. The van der Waals surface area contributed by atoms with Crippen LogP contribution in [0.1, 0.15) is 47.0 Å². The lowest BCUT2D eigenvalue weighted by Crippen LogP contribution is -2.28. The summed E-state index contributed by atoms with van der Waals surface area (Å²) in [4.78, 5) is 49.8. The smallest absolute Gasteiger partial charge is 0.307 e. The zero-order chi connectivity index (χ0) is 30.8. The number of methoxy groups -OCH3 is 2. The number of hydrogen-bond acceptors (Lipinski definition) is 9. The first-order chi connectivity index (χ1) is 20.6. The van der Waals surface area contributed by atoms with E-state index in [1.807, 2.05) is 12.1 Å². The van der Waals surface area contributed by atoms with E-state index in [-0.39, 0.29) is 18.1 Å². The van der Waals surface area contributed by atoms with E-state index >= 15 is 0 Å². The number of ether oxygens (including phenoxy) is 4. The van der Waals surface area contributed by atoms with Gasteiger partial charge in [0.15, 0.2) is 28.8 Å². The van der Waals surface area contributed by atoms with Gasteiger partial charge in [0.1, 0.15) is 0 Å². The summed E-state index contributed by atoms with van der Waals surface area (Å²) in [5.41, 5.74) is 1.89. The Hall–Kier alpha value is -4.32. The van der Waals surface area contributed by atoms with Gasteiger partial charge >= 0.3 is 11.9 Å². The van der Waals surface area contributed by atoms with Gasteiger partial charge in [-0.3, -0.25) is 19.2 Å². The summed E-state index contributed by atoms with van der Waals surface area (Å²) in [6.45, 7) is 2.99. The van der Waals surface area contributed by atoms with E-state index in [1.54, 1.807) is 30.2 Å². The molecule has 11 nitrogen and oxygen atoms in total. The molecule has 0 radical (unpaired) electrons. The second-order valence-corrected chi connectivity index (χ2v) is 11.9. The molecular formula is C31H33NO10S. The standard InChI is InChI=1S/C31H33NO10S/c1-16(30(35)36)7-22(33)28-11-17-8-25(24(40-3)13-27(17)43-28)41-5-4-6-42-26-10-19-15-32(14-18(19)9-23(26)39-2)29(34)20-12-21(20)31(37)38/h8-11,13,16,20-21H,4-7,12,14-15H2,1-3H3,(H,35,36)(H,37,38)/t16?,20-,21-/m1/s1. The van der Waals surface area contributed by atoms with Gasteiger partial charge in [0.25, 0.3) is 0 Å². The number of fused-ring (bicyclic) bond motifs is 2. The minimum atomic E-state index is -1.00. The number of Topliss-reactive ketones (excluding diaryl/α,β-unsaturated/α-hetero) is 1. The van der Waals surface area contributed by atoms with Gasteiger partial charge in [0, 0.05) is 36.7 Å². The van der Waals surface area contributed by atoms with Crippen molar-refractivity contribution in [1.82, 2.24) is 4.90 Å². The lowest BCUT2D eigenvalue weighted by Gasteiger charge is -2.14. The summed E-state index contributed by atoms with van der Waals surface area (Å²) in [6, 6.07) is 9.08. The summed E-state index contributed by atoms with van der Waals surface area (Å²) in [5.74, 6) is -1.92. The Bertz CT molecular complexity index is 1580. The number of aliphatic carboxylic acids is 2.